The summed E-state index contributed by atoms with van der Waals surface area (Å²) in [6.45, 7) is 9.84. The molecule has 0 saturated carbocycles. The van der Waals surface area contributed by atoms with E-state index >= 15 is 0 Å². The highest BCUT2D eigenvalue weighted by molar-refractivity contribution is 9.09. The van der Waals surface area contributed by atoms with Crippen molar-refractivity contribution in [2.24, 2.45) is 0 Å². The van der Waals surface area contributed by atoms with E-state index in [0.717, 1.165) is 12.8 Å². The predicted molar refractivity (Wildman–Crippen MR) is 73.8 cm³/mol. The Morgan fingerprint density at radius 1 is 1.38 bits per heavy atom. The molecule has 0 radical (unpaired) electrons. The van der Waals surface area contributed by atoms with Gasteiger partial charge in [-0.05, 0) is 24.3 Å². The molecule has 0 nitrogen and oxygen atoms in total. The third-order valence-electron chi connectivity index (χ3n) is 2.34. The van der Waals surface area contributed by atoms with Crippen molar-refractivity contribution in [3.05, 3.63) is 25.3 Å². The van der Waals surface area contributed by atoms with Crippen LogP contribution in [0, 0.1) is 0 Å². The maximum absolute atomic E-state index is 3.81. The summed E-state index contributed by atoms with van der Waals surface area (Å²) < 4.78 is 0. The van der Waals surface area contributed by atoms with Crippen molar-refractivity contribution in [2.45, 2.75) is 36.1 Å². The van der Waals surface area contributed by atoms with Gasteiger partial charge in [-0.15, -0.1) is 13.2 Å². The molecule has 0 heterocycles. The fraction of sp³-hybridized carbons (Fsp3) is 0.600. The van der Waals surface area contributed by atoms with E-state index < -0.39 is 0 Å². The van der Waals surface area contributed by atoms with E-state index in [1.54, 1.807) is 0 Å². The molecule has 74 valence electrons. The number of halogens is 1. The van der Waals surface area contributed by atoms with Crippen LogP contribution < -0.4 is 0 Å². The molecule has 0 aliphatic rings. The Kier molecular flexibility index (Phi) is 10.4. The molecule has 0 N–H and O–H groups in total. The Hall–Kier alpha value is 0.943. The molecular weight excluding hydrogens is 252 g/mol. The van der Waals surface area contributed by atoms with Gasteiger partial charge in [-0.2, -0.15) is 0 Å². The molecule has 0 saturated heterocycles. The highest BCUT2D eigenvalue weighted by atomic mass is 79.9. The van der Waals surface area contributed by atoms with E-state index in [1.807, 2.05) is 12.2 Å². The second kappa shape index (κ2) is 8.27. The van der Waals surface area contributed by atoms with Crippen LogP contribution in [0.15, 0.2) is 25.3 Å². The number of alkyl halides is 1. The Balaban J connectivity index is 0. The molecule has 0 aliphatic carbocycles. The summed E-state index contributed by atoms with van der Waals surface area (Å²) in [6.07, 6.45) is 7.45. The second-order valence-electron chi connectivity index (χ2n) is 3.52. The van der Waals surface area contributed by atoms with Gasteiger partial charge in [0.1, 0.15) is 0 Å². The summed E-state index contributed by atoms with van der Waals surface area (Å²) in [7, 11) is 1.19. The lowest BCUT2D eigenvalue weighted by Gasteiger charge is -2.32. The molecule has 0 bridgehead atoms. The monoisotopic (exact) mass is 272 g/mol. The smallest absolute Gasteiger partial charge is 0.103 e. The standard InChI is InChI=1S/C10H19BrSi.Mg.2H/c1-4-7-10(12,8-5-2)9(11)6-3;;;/h4-5,9H,1-2,6-8H2,3,12H3;;;. The Morgan fingerprint density at radius 2 is 1.77 bits per heavy atom. The maximum Gasteiger partial charge on any atom is 0.316 e. The van der Waals surface area contributed by atoms with E-state index in [0.29, 0.717) is 9.87 Å². The van der Waals surface area contributed by atoms with Gasteiger partial charge in [0, 0.05) is 15.1 Å². The fourth-order valence-electron chi connectivity index (χ4n) is 1.49. The van der Waals surface area contributed by atoms with Crippen LogP contribution in [0.2, 0.25) is 5.04 Å². The molecular formula is C10H21BrMgSi. The normalized spacial score (nSPS) is 13.1. The fourth-order valence-corrected chi connectivity index (χ4v) is 2.85. The minimum Gasteiger partial charge on any atom is -0.103 e. The minimum atomic E-state index is 0. The first-order valence-electron chi connectivity index (χ1n) is 4.46. The van der Waals surface area contributed by atoms with Crippen molar-refractivity contribution in [3.63, 3.8) is 0 Å². The number of rotatable bonds is 6. The molecule has 3 heteroatoms. The highest BCUT2D eigenvalue weighted by Gasteiger charge is 2.28. The van der Waals surface area contributed by atoms with Gasteiger partial charge >= 0.3 is 23.1 Å². The van der Waals surface area contributed by atoms with Crippen molar-refractivity contribution in [3.8, 4) is 0 Å². The molecule has 13 heavy (non-hydrogen) atoms. The third-order valence-corrected chi connectivity index (χ3v) is 6.45. The van der Waals surface area contributed by atoms with Gasteiger partial charge in [-0.3, -0.25) is 0 Å². The number of hydrogen-bond donors (Lipinski definition) is 0. The zero-order chi connectivity index (χ0) is 9.61. The van der Waals surface area contributed by atoms with Crippen LogP contribution in [0.4, 0.5) is 0 Å². The summed E-state index contributed by atoms with van der Waals surface area (Å²) in [6, 6.07) is 0. The van der Waals surface area contributed by atoms with Crippen LogP contribution in [0.5, 0.6) is 0 Å². The molecule has 0 aromatic carbocycles. The molecule has 0 amide bonds. The number of allylic oxidation sites excluding steroid dienone is 2. The van der Waals surface area contributed by atoms with Gasteiger partial charge in [0.25, 0.3) is 0 Å². The summed E-state index contributed by atoms with van der Waals surface area (Å²) in [5, 5.41) is 0.429. The molecule has 0 spiro atoms. The van der Waals surface area contributed by atoms with E-state index in [9.17, 15) is 0 Å². The maximum atomic E-state index is 3.81. The zero-order valence-electron chi connectivity index (χ0n) is 8.15. The average Bonchev–Trinajstić information content (AvgIpc) is 2.04. The van der Waals surface area contributed by atoms with E-state index in [1.165, 1.54) is 16.7 Å². The van der Waals surface area contributed by atoms with Crippen molar-refractivity contribution < 1.29 is 0 Å². The third kappa shape index (κ3) is 5.40. The molecule has 0 fully saturated rings. The molecule has 0 rings (SSSR count). The Bertz CT molecular complexity index is 149. The quantitative estimate of drug-likeness (QED) is 0.394. The van der Waals surface area contributed by atoms with E-state index in [4.69, 9.17) is 0 Å². The summed E-state index contributed by atoms with van der Waals surface area (Å²) >= 11 is 3.74. The Labute approximate surface area is 110 Å². The lowest BCUT2D eigenvalue weighted by atomic mass is 9.94. The summed E-state index contributed by atoms with van der Waals surface area (Å²) in [5.74, 6) is 0. The lowest BCUT2D eigenvalue weighted by Crippen LogP contribution is -2.22. The summed E-state index contributed by atoms with van der Waals surface area (Å²) in [5.41, 5.74) is 0. The van der Waals surface area contributed by atoms with Crippen LogP contribution >= 0.6 is 15.9 Å². The van der Waals surface area contributed by atoms with Crippen LogP contribution in [0.25, 0.3) is 0 Å². The van der Waals surface area contributed by atoms with E-state index in [2.05, 4.69) is 36.0 Å². The van der Waals surface area contributed by atoms with Crippen LogP contribution in [-0.2, 0) is 0 Å². The number of hydrogen-bond acceptors (Lipinski definition) is 0. The molecule has 0 aromatic rings. The molecule has 1 unspecified atom stereocenters. The van der Waals surface area contributed by atoms with Gasteiger partial charge in [0.05, 0.1) is 0 Å². The molecule has 0 aromatic heterocycles. The van der Waals surface area contributed by atoms with Gasteiger partial charge in [0.2, 0.25) is 0 Å². The first kappa shape index (κ1) is 16.4. The van der Waals surface area contributed by atoms with E-state index in [-0.39, 0.29) is 23.1 Å². The Morgan fingerprint density at radius 3 is 2.00 bits per heavy atom. The first-order chi connectivity index (χ1) is 5.60. The molecule has 1 atom stereocenters. The second-order valence-corrected chi connectivity index (χ2v) is 6.61. The van der Waals surface area contributed by atoms with Crippen LogP contribution in [0.1, 0.15) is 26.2 Å². The van der Waals surface area contributed by atoms with Crippen molar-refractivity contribution in [2.75, 3.05) is 0 Å². The largest absolute Gasteiger partial charge is 0.316 e. The molecule has 0 aliphatic heterocycles. The lowest BCUT2D eigenvalue weighted by molar-refractivity contribution is 0.539. The van der Waals surface area contributed by atoms with Crippen molar-refractivity contribution in [1.29, 1.82) is 0 Å². The minimum absolute atomic E-state index is 0. The topological polar surface area (TPSA) is 0 Å². The van der Waals surface area contributed by atoms with Gasteiger partial charge in [0.15, 0.2) is 0 Å². The van der Waals surface area contributed by atoms with Crippen LogP contribution in [-0.4, -0.2) is 38.1 Å². The van der Waals surface area contributed by atoms with Gasteiger partial charge in [-0.1, -0.05) is 35.0 Å². The van der Waals surface area contributed by atoms with Crippen molar-refractivity contribution >= 4 is 49.2 Å². The summed E-state index contributed by atoms with van der Waals surface area (Å²) in [4.78, 5) is 0.618. The van der Waals surface area contributed by atoms with Crippen molar-refractivity contribution in [1.82, 2.24) is 0 Å². The van der Waals surface area contributed by atoms with Crippen LogP contribution in [0.3, 0.4) is 0 Å². The SMILES string of the molecule is C=CCC([SiH3])(CC=C)C(Br)CC.[MgH2]. The average molecular weight is 274 g/mol. The zero-order valence-corrected chi connectivity index (χ0v) is 11.7. The van der Waals surface area contributed by atoms with Gasteiger partial charge < -0.3 is 0 Å². The highest BCUT2D eigenvalue weighted by Crippen LogP contribution is 2.41. The first-order valence-corrected chi connectivity index (χ1v) is 6.38. The predicted octanol–water partition coefficient (Wildman–Crippen LogP) is 1.92. The van der Waals surface area contributed by atoms with Gasteiger partial charge in [-0.25, -0.2) is 0 Å².